The van der Waals surface area contributed by atoms with Crippen LogP contribution in [0.1, 0.15) is 23.1 Å². The molecule has 4 rings (SSSR count). The van der Waals surface area contributed by atoms with Crippen molar-refractivity contribution in [1.82, 2.24) is 0 Å². The molecular weight excluding hydrogens is 408 g/mol. The molecule has 0 spiro atoms. The highest BCUT2D eigenvalue weighted by atomic mass is 32.2. The number of aryl methyl sites for hydroxylation is 3. The average Bonchev–Trinajstić information content (AvgIpc) is 2.78. The van der Waals surface area contributed by atoms with Crippen molar-refractivity contribution in [3.8, 4) is 0 Å². The molecule has 0 saturated heterocycles. The van der Waals surface area contributed by atoms with Crippen LogP contribution in [0, 0.1) is 13.8 Å². The molecule has 0 radical (unpaired) electrons. The van der Waals surface area contributed by atoms with E-state index in [2.05, 4.69) is 0 Å². The summed E-state index contributed by atoms with van der Waals surface area (Å²) in [6.45, 7) is 4.16. The molecule has 31 heavy (non-hydrogen) atoms. The summed E-state index contributed by atoms with van der Waals surface area (Å²) in [7, 11) is -3.91. The maximum Gasteiger partial charge on any atom is 0.264 e. The van der Waals surface area contributed by atoms with E-state index in [1.54, 1.807) is 41.3 Å². The van der Waals surface area contributed by atoms with Gasteiger partial charge in [0.1, 0.15) is 6.54 Å². The highest BCUT2D eigenvalue weighted by Gasteiger charge is 2.31. The van der Waals surface area contributed by atoms with Gasteiger partial charge in [-0.3, -0.25) is 9.10 Å². The van der Waals surface area contributed by atoms with Crippen LogP contribution in [0.5, 0.6) is 0 Å². The summed E-state index contributed by atoms with van der Waals surface area (Å²) in [4.78, 5) is 15.3. The van der Waals surface area contributed by atoms with E-state index >= 15 is 0 Å². The summed E-state index contributed by atoms with van der Waals surface area (Å²) in [6.07, 6.45) is 1.78. The number of fused-ring (bicyclic) bond motifs is 1. The maximum absolute atomic E-state index is 13.6. The van der Waals surface area contributed by atoms with Gasteiger partial charge in [-0.15, -0.1) is 0 Å². The van der Waals surface area contributed by atoms with Gasteiger partial charge in [-0.2, -0.15) is 0 Å². The number of carbonyl (C=O) groups is 1. The van der Waals surface area contributed by atoms with Gasteiger partial charge in [0.25, 0.3) is 10.0 Å². The molecule has 0 fully saturated rings. The lowest BCUT2D eigenvalue weighted by Gasteiger charge is -2.32. The van der Waals surface area contributed by atoms with Crippen LogP contribution in [0.4, 0.5) is 11.4 Å². The second kappa shape index (κ2) is 8.55. The van der Waals surface area contributed by atoms with E-state index in [0.717, 1.165) is 35.2 Å². The van der Waals surface area contributed by atoms with Crippen molar-refractivity contribution >= 4 is 27.3 Å². The van der Waals surface area contributed by atoms with E-state index in [-0.39, 0.29) is 17.3 Å². The van der Waals surface area contributed by atoms with Gasteiger partial charge >= 0.3 is 0 Å². The van der Waals surface area contributed by atoms with E-state index in [1.807, 2.05) is 50.2 Å². The molecule has 0 unspecified atom stereocenters. The lowest BCUT2D eigenvalue weighted by Crippen LogP contribution is -2.45. The van der Waals surface area contributed by atoms with Crippen LogP contribution in [0.15, 0.2) is 77.7 Å². The minimum Gasteiger partial charge on any atom is -0.311 e. The first-order chi connectivity index (χ1) is 14.9. The number of rotatable bonds is 5. The van der Waals surface area contributed by atoms with Crippen molar-refractivity contribution in [3.63, 3.8) is 0 Å². The molecule has 160 valence electrons. The fourth-order valence-electron chi connectivity index (χ4n) is 4.11. The summed E-state index contributed by atoms with van der Waals surface area (Å²) in [5.74, 6) is -0.230. The fourth-order valence-corrected chi connectivity index (χ4v) is 5.61. The van der Waals surface area contributed by atoms with Crippen LogP contribution < -0.4 is 9.21 Å². The summed E-state index contributed by atoms with van der Waals surface area (Å²) < 4.78 is 28.4. The van der Waals surface area contributed by atoms with Gasteiger partial charge in [0.05, 0.1) is 10.6 Å². The Morgan fingerprint density at radius 1 is 0.968 bits per heavy atom. The second-order valence-electron chi connectivity index (χ2n) is 7.89. The normalized spacial score (nSPS) is 13.5. The van der Waals surface area contributed by atoms with E-state index < -0.39 is 10.0 Å². The van der Waals surface area contributed by atoms with Crippen LogP contribution in [0.2, 0.25) is 0 Å². The van der Waals surface area contributed by atoms with Crippen LogP contribution in [0.25, 0.3) is 0 Å². The van der Waals surface area contributed by atoms with E-state index in [1.165, 1.54) is 4.31 Å². The smallest absolute Gasteiger partial charge is 0.264 e. The zero-order chi connectivity index (χ0) is 22.0. The van der Waals surface area contributed by atoms with Crippen LogP contribution in [-0.4, -0.2) is 27.4 Å². The molecular formula is C25H26N2O3S. The zero-order valence-electron chi connectivity index (χ0n) is 17.8. The predicted octanol–water partition coefficient (Wildman–Crippen LogP) is 4.48. The van der Waals surface area contributed by atoms with Gasteiger partial charge < -0.3 is 4.90 Å². The number of anilines is 2. The number of carbonyl (C=O) groups excluding carboxylic acids is 1. The molecule has 0 bridgehead atoms. The number of benzene rings is 3. The Hall–Kier alpha value is -3.12. The summed E-state index contributed by atoms with van der Waals surface area (Å²) >= 11 is 0. The standard InChI is InChI=1S/C25H26N2O3S/c1-19-14-15-23(20(2)17-19)27(31(29,30)22-11-4-3-5-12-22)18-25(28)26-16-8-10-21-9-6-7-13-24(21)26/h3-7,9,11-15,17H,8,10,16,18H2,1-2H3. The molecule has 5 nitrogen and oxygen atoms in total. The van der Waals surface area contributed by atoms with E-state index in [4.69, 9.17) is 0 Å². The first-order valence-corrected chi connectivity index (χ1v) is 11.9. The average molecular weight is 435 g/mol. The third-order valence-corrected chi connectivity index (χ3v) is 7.42. The lowest BCUT2D eigenvalue weighted by molar-refractivity contribution is -0.117. The van der Waals surface area contributed by atoms with E-state index in [0.29, 0.717) is 12.2 Å². The minimum absolute atomic E-state index is 0.168. The Kier molecular flexibility index (Phi) is 5.83. The molecule has 3 aromatic carbocycles. The fraction of sp³-hybridized carbons (Fsp3) is 0.240. The number of hydrogen-bond donors (Lipinski definition) is 0. The summed E-state index contributed by atoms with van der Waals surface area (Å²) in [5, 5.41) is 0. The molecule has 6 heteroatoms. The van der Waals surface area contributed by atoms with E-state index in [9.17, 15) is 13.2 Å². The highest BCUT2D eigenvalue weighted by molar-refractivity contribution is 7.92. The Bertz CT molecular complexity index is 1210. The molecule has 0 N–H and O–H groups in total. The highest BCUT2D eigenvalue weighted by Crippen LogP contribution is 2.30. The monoisotopic (exact) mass is 434 g/mol. The Morgan fingerprint density at radius 3 is 2.42 bits per heavy atom. The molecule has 1 amide bonds. The Labute approximate surface area is 184 Å². The van der Waals surface area contributed by atoms with Crippen molar-refractivity contribution in [2.24, 2.45) is 0 Å². The van der Waals surface area contributed by atoms with Gasteiger partial charge in [-0.05, 0) is 62.1 Å². The van der Waals surface area contributed by atoms with Crippen molar-refractivity contribution in [2.75, 3.05) is 22.3 Å². The topological polar surface area (TPSA) is 57.7 Å². The lowest BCUT2D eigenvalue weighted by atomic mass is 10.0. The van der Waals surface area contributed by atoms with Gasteiger partial charge in [-0.25, -0.2) is 8.42 Å². The quantitative estimate of drug-likeness (QED) is 0.595. The van der Waals surface area contributed by atoms with Crippen LogP contribution in [-0.2, 0) is 21.2 Å². The van der Waals surface area contributed by atoms with Crippen molar-refractivity contribution in [2.45, 2.75) is 31.6 Å². The van der Waals surface area contributed by atoms with Crippen LogP contribution in [0.3, 0.4) is 0 Å². The number of hydrogen-bond acceptors (Lipinski definition) is 3. The molecule has 0 saturated carbocycles. The number of para-hydroxylation sites is 1. The molecule has 0 atom stereocenters. The molecule has 1 aliphatic rings. The largest absolute Gasteiger partial charge is 0.311 e. The summed E-state index contributed by atoms with van der Waals surface area (Å²) in [6, 6.07) is 21.7. The van der Waals surface area contributed by atoms with Gasteiger partial charge in [0.15, 0.2) is 0 Å². The SMILES string of the molecule is Cc1ccc(N(CC(=O)N2CCCc3ccccc32)S(=O)(=O)c2ccccc2)c(C)c1. The van der Waals surface area contributed by atoms with Crippen molar-refractivity contribution in [1.29, 1.82) is 0 Å². The third-order valence-electron chi connectivity index (χ3n) is 5.64. The van der Waals surface area contributed by atoms with Crippen molar-refractivity contribution < 1.29 is 13.2 Å². The molecule has 1 heterocycles. The first kappa shape index (κ1) is 21.1. The third kappa shape index (κ3) is 4.21. The predicted molar refractivity (Wildman–Crippen MR) is 124 cm³/mol. The minimum atomic E-state index is -3.91. The molecule has 3 aromatic rings. The summed E-state index contributed by atoms with van der Waals surface area (Å²) in [5.41, 5.74) is 4.36. The van der Waals surface area contributed by atoms with Gasteiger partial charge in [-0.1, -0.05) is 54.1 Å². The first-order valence-electron chi connectivity index (χ1n) is 10.4. The van der Waals surface area contributed by atoms with Crippen molar-refractivity contribution in [3.05, 3.63) is 89.5 Å². The molecule has 0 aromatic heterocycles. The maximum atomic E-state index is 13.6. The second-order valence-corrected chi connectivity index (χ2v) is 9.75. The number of nitrogens with zero attached hydrogens (tertiary/aromatic N) is 2. The van der Waals surface area contributed by atoms with Crippen LogP contribution >= 0.6 is 0 Å². The Balaban J connectivity index is 1.75. The van der Waals surface area contributed by atoms with Gasteiger partial charge in [0.2, 0.25) is 5.91 Å². The van der Waals surface area contributed by atoms with Gasteiger partial charge in [0, 0.05) is 12.2 Å². The Morgan fingerprint density at radius 2 is 1.68 bits per heavy atom. The number of sulfonamides is 1. The zero-order valence-corrected chi connectivity index (χ0v) is 18.6. The molecule has 0 aliphatic carbocycles. The molecule has 1 aliphatic heterocycles. The number of amides is 1.